The van der Waals surface area contributed by atoms with Crippen molar-refractivity contribution in [2.45, 2.75) is 68.7 Å². The highest BCUT2D eigenvalue weighted by atomic mass is 16.7. The number of piperazine rings is 1. The number of rotatable bonds is 4. The van der Waals surface area contributed by atoms with Crippen molar-refractivity contribution in [3.63, 3.8) is 0 Å². The highest BCUT2D eigenvalue weighted by molar-refractivity contribution is 5.74. The highest BCUT2D eigenvalue weighted by Gasteiger charge is 2.53. The van der Waals surface area contributed by atoms with Crippen molar-refractivity contribution in [2.24, 2.45) is 0 Å². The Balaban J connectivity index is 1.20. The molecule has 4 fully saturated rings. The second-order valence-electron chi connectivity index (χ2n) is 9.19. The van der Waals surface area contributed by atoms with E-state index in [-0.39, 0.29) is 24.2 Å². The second kappa shape index (κ2) is 9.32. The van der Waals surface area contributed by atoms with E-state index in [1.807, 2.05) is 6.07 Å². The normalized spacial score (nSPS) is 34.5. The molecule has 31 heavy (non-hydrogen) atoms. The zero-order valence-corrected chi connectivity index (χ0v) is 18.0. The van der Waals surface area contributed by atoms with Crippen molar-refractivity contribution in [1.29, 1.82) is 0 Å². The van der Waals surface area contributed by atoms with Crippen molar-refractivity contribution in [3.8, 4) is 0 Å². The lowest BCUT2D eigenvalue weighted by Gasteiger charge is -2.47. The van der Waals surface area contributed by atoms with Gasteiger partial charge in [0, 0.05) is 37.9 Å². The average molecular weight is 431 g/mol. The van der Waals surface area contributed by atoms with Gasteiger partial charge in [-0.15, -0.1) is 0 Å². The molecule has 0 spiro atoms. The number of hydrogen-bond donors (Lipinski definition) is 3. The van der Waals surface area contributed by atoms with Crippen LogP contribution in [-0.2, 0) is 9.47 Å². The number of amides is 2. The fourth-order valence-corrected chi connectivity index (χ4v) is 5.51. The average Bonchev–Trinajstić information content (AvgIpc) is 3.24. The number of anilines is 1. The van der Waals surface area contributed by atoms with Crippen LogP contribution in [0.3, 0.4) is 0 Å². The van der Waals surface area contributed by atoms with E-state index in [2.05, 4.69) is 44.7 Å². The molecular weight excluding hydrogens is 396 g/mol. The summed E-state index contributed by atoms with van der Waals surface area (Å²) < 4.78 is 11.9. The molecule has 1 aromatic rings. The number of carbonyl (C=O) groups excluding carboxylic acids is 1. The molecule has 0 radical (unpaired) electrons. The van der Waals surface area contributed by atoms with E-state index in [0.29, 0.717) is 6.61 Å². The summed E-state index contributed by atoms with van der Waals surface area (Å²) in [6.45, 7) is 3.78. The smallest absolute Gasteiger partial charge is 0.315 e. The number of benzene rings is 1. The molecule has 8 heteroatoms. The molecule has 0 aromatic heterocycles. The molecule has 1 aliphatic carbocycles. The van der Waals surface area contributed by atoms with Crippen LogP contribution in [0, 0.1) is 0 Å². The first-order valence-corrected chi connectivity index (χ1v) is 11.8. The summed E-state index contributed by atoms with van der Waals surface area (Å²) >= 11 is 0. The van der Waals surface area contributed by atoms with E-state index in [1.54, 1.807) is 0 Å². The summed E-state index contributed by atoms with van der Waals surface area (Å²) in [5.41, 5.74) is 1.22. The standard InChI is InChI=1S/C23H34N4O4/c28-21-19(25-23(29)24-16-7-3-1-4-8-16)18-15-30-22(31-18)20(21)27-13-11-26(12-14-27)17-9-5-2-6-10-17/h2,5-6,9-10,16,18-22,28H,1,3-4,7-8,11-15H2,(H2,24,25,29)/t18-,19-,20-,21+,22-/m1/s1. The molecule has 0 unspecified atom stereocenters. The number of nitrogens with zero attached hydrogens (tertiary/aromatic N) is 2. The van der Waals surface area contributed by atoms with E-state index < -0.39 is 18.4 Å². The minimum Gasteiger partial charge on any atom is -0.389 e. The lowest BCUT2D eigenvalue weighted by atomic mass is 9.94. The minimum absolute atomic E-state index is 0.211. The second-order valence-corrected chi connectivity index (χ2v) is 9.19. The van der Waals surface area contributed by atoms with Crippen LogP contribution in [0.15, 0.2) is 30.3 Å². The largest absolute Gasteiger partial charge is 0.389 e. The van der Waals surface area contributed by atoms with E-state index in [4.69, 9.17) is 9.47 Å². The van der Waals surface area contributed by atoms with Gasteiger partial charge in [0.25, 0.3) is 0 Å². The lowest BCUT2D eigenvalue weighted by Crippen LogP contribution is -2.68. The first-order valence-electron chi connectivity index (χ1n) is 11.8. The Hall–Kier alpha value is -1.87. The lowest BCUT2D eigenvalue weighted by molar-refractivity contribution is -0.181. The van der Waals surface area contributed by atoms with Crippen molar-refractivity contribution in [3.05, 3.63) is 30.3 Å². The van der Waals surface area contributed by atoms with Crippen LogP contribution in [0.1, 0.15) is 32.1 Å². The van der Waals surface area contributed by atoms with Gasteiger partial charge in [-0.2, -0.15) is 0 Å². The fraction of sp³-hybridized carbons (Fsp3) is 0.696. The molecule has 3 saturated heterocycles. The zero-order chi connectivity index (χ0) is 21.2. The van der Waals surface area contributed by atoms with Crippen LogP contribution in [0.2, 0.25) is 0 Å². The van der Waals surface area contributed by atoms with Crippen LogP contribution in [0.4, 0.5) is 10.5 Å². The first-order chi connectivity index (χ1) is 15.2. The number of aliphatic hydroxyl groups excluding tert-OH is 1. The van der Waals surface area contributed by atoms with Crippen LogP contribution < -0.4 is 15.5 Å². The monoisotopic (exact) mass is 430 g/mol. The van der Waals surface area contributed by atoms with Gasteiger partial charge in [0.1, 0.15) is 6.10 Å². The Morgan fingerprint density at radius 1 is 1.00 bits per heavy atom. The topological polar surface area (TPSA) is 86.3 Å². The van der Waals surface area contributed by atoms with E-state index in [0.717, 1.165) is 51.9 Å². The molecule has 2 amide bonds. The van der Waals surface area contributed by atoms with E-state index in [1.165, 1.54) is 12.1 Å². The number of nitrogens with one attached hydrogen (secondary N) is 2. The first kappa shape index (κ1) is 21.0. The number of aliphatic hydroxyl groups is 1. The molecule has 170 valence electrons. The van der Waals surface area contributed by atoms with Crippen LogP contribution in [-0.4, -0.2) is 85.4 Å². The van der Waals surface area contributed by atoms with Crippen LogP contribution >= 0.6 is 0 Å². The van der Waals surface area contributed by atoms with Gasteiger partial charge < -0.3 is 30.1 Å². The quantitative estimate of drug-likeness (QED) is 0.668. The Kier molecular flexibility index (Phi) is 6.31. The van der Waals surface area contributed by atoms with Gasteiger partial charge >= 0.3 is 6.03 Å². The Morgan fingerprint density at radius 3 is 2.48 bits per heavy atom. The van der Waals surface area contributed by atoms with E-state index in [9.17, 15) is 9.90 Å². The summed E-state index contributed by atoms with van der Waals surface area (Å²) in [5.74, 6) is 0. The summed E-state index contributed by atoms with van der Waals surface area (Å²) in [4.78, 5) is 17.2. The van der Waals surface area contributed by atoms with E-state index >= 15 is 0 Å². The molecule has 3 aliphatic heterocycles. The fourth-order valence-electron chi connectivity index (χ4n) is 5.51. The molecule has 5 rings (SSSR count). The predicted octanol–water partition coefficient (Wildman–Crippen LogP) is 1.29. The van der Waals surface area contributed by atoms with Crippen molar-refractivity contribution < 1.29 is 19.4 Å². The van der Waals surface area contributed by atoms with Gasteiger partial charge in [-0.1, -0.05) is 37.5 Å². The number of carbonyl (C=O) groups is 1. The van der Waals surface area contributed by atoms with Crippen LogP contribution in [0.25, 0.3) is 0 Å². The molecule has 4 aliphatic rings. The third-order valence-electron chi connectivity index (χ3n) is 7.23. The minimum atomic E-state index is -0.730. The Bertz CT molecular complexity index is 736. The number of para-hydroxylation sites is 1. The predicted molar refractivity (Wildman–Crippen MR) is 117 cm³/mol. The molecule has 2 bridgehead atoms. The van der Waals surface area contributed by atoms with Crippen molar-refractivity contribution in [2.75, 3.05) is 37.7 Å². The number of urea groups is 1. The van der Waals surface area contributed by atoms with Crippen LogP contribution in [0.5, 0.6) is 0 Å². The molecule has 3 N–H and O–H groups in total. The number of hydrogen-bond acceptors (Lipinski definition) is 6. The number of ether oxygens (including phenoxy) is 2. The molecular formula is C23H34N4O4. The maximum atomic E-state index is 12.6. The van der Waals surface area contributed by atoms with Crippen molar-refractivity contribution in [1.82, 2.24) is 15.5 Å². The van der Waals surface area contributed by atoms with Gasteiger partial charge in [-0.05, 0) is 25.0 Å². The summed E-state index contributed by atoms with van der Waals surface area (Å²) in [7, 11) is 0. The highest BCUT2D eigenvalue weighted by Crippen LogP contribution is 2.32. The summed E-state index contributed by atoms with van der Waals surface area (Å²) in [6, 6.07) is 9.66. The zero-order valence-electron chi connectivity index (χ0n) is 18.0. The molecule has 1 aromatic carbocycles. The van der Waals surface area contributed by atoms with Gasteiger partial charge in [-0.3, -0.25) is 4.90 Å². The summed E-state index contributed by atoms with van der Waals surface area (Å²) in [5, 5.41) is 17.3. The van der Waals surface area contributed by atoms with Gasteiger partial charge in [-0.25, -0.2) is 4.79 Å². The Morgan fingerprint density at radius 2 is 1.74 bits per heavy atom. The van der Waals surface area contributed by atoms with Gasteiger partial charge in [0.05, 0.1) is 24.8 Å². The maximum Gasteiger partial charge on any atom is 0.315 e. The molecule has 1 saturated carbocycles. The van der Waals surface area contributed by atoms with Crippen molar-refractivity contribution >= 4 is 11.7 Å². The van der Waals surface area contributed by atoms with Gasteiger partial charge in [0.2, 0.25) is 0 Å². The third kappa shape index (κ3) is 4.53. The molecule has 5 atom stereocenters. The maximum absolute atomic E-state index is 12.6. The molecule has 3 heterocycles. The number of fused-ring (bicyclic) bond motifs is 2. The Labute approximate surface area is 183 Å². The third-order valence-corrected chi connectivity index (χ3v) is 7.23. The molecule has 8 nitrogen and oxygen atoms in total. The SMILES string of the molecule is O=C(NC1CCCCC1)N[C@H]1[C@H](O)[C@@H](N2CCN(c3ccccc3)CC2)[C@@H]2OC[C@H]1O2. The van der Waals surface area contributed by atoms with Gasteiger partial charge in [0.15, 0.2) is 6.29 Å². The summed E-state index contributed by atoms with van der Waals surface area (Å²) in [6.07, 6.45) is 4.15.